The van der Waals surface area contributed by atoms with Crippen LogP contribution in [0.15, 0.2) is 30.3 Å². The topological polar surface area (TPSA) is 52.6 Å². The molecule has 1 aromatic rings. The van der Waals surface area contributed by atoms with Gasteiger partial charge in [-0.2, -0.15) is 13.2 Å². The fourth-order valence-electron chi connectivity index (χ4n) is 2.37. The predicted octanol–water partition coefficient (Wildman–Crippen LogP) is 3.06. The Morgan fingerprint density at radius 1 is 1.36 bits per heavy atom. The highest BCUT2D eigenvalue weighted by Crippen LogP contribution is 2.29. The van der Waals surface area contributed by atoms with Crippen LogP contribution in [0.1, 0.15) is 17.5 Å². The first-order valence-corrected chi connectivity index (χ1v) is 6.92. The van der Waals surface area contributed by atoms with E-state index in [1.165, 1.54) is 17.0 Å². The average Bonchev–Trinajstić information content (AvgIpc) is 2.47. The Morgan fingerprint density at radius 2 is 2.05 bits per heavy atom. The molecule has 0 radical (unpaired) electrons. The maximum absolute atomic E-state index is 12.4. The number of rotatable bonds is 3. The van der Waals surface area contributed by atoms with Gasteiger partial charge >= 0.3 is 12.3 Å². The second-order valence-corrected chi connectivity index (χ2v) is 5.09. The van der Waals surface area contributed by atoms with Crippen molar-refractivity contribution in [3.05, 3.63) is 41.5 Å². The van der Waals surface area contributed by atoms with Crippen molar-refractivity contribution in [2.75, 3.05) is 19.6 Å². The SMILES string of the molecule is O=C(O)N1CCNCC1CC=Cc1ccc(C(F)(F)F)cc1. The van der Waals surface area contributed by atoms with E-state index in [1.807, 2.05) is 0 Å². The van der Waals surface area contributed by atoms with Gasteiger partial charge in [-0.05, 0) is 24.1 Å². The van der Waals surface area contributed by atoms with Gasteiger partial charge in [0, 0.05) is 19.6 Å². The van der Waals surface area contributed by atoms with Gasteiger partial charge in [-0.1, -0.05) is 24.3 Å². The highest BCUT2D eigenvalue weighted by Gasteiger charge is 2.29. The molecule has 1 heterocycles. The first kappa shape index (κ1) is 16.4. The van der Waals surface area contributed by atoms with E-state index in [4.69, 9.17) is 5.11 Å². The molecule has 2 N–H and O–H groups in total. The van der Waals surface area contributed by atoms with Crippen molar-refractivity contribution in [2.45, 2.75) is 18.6 Å². The van der Waals surface area contributed by atoms with Crippen LogP contribution in [0.5, 0.6) is 0 Å². The third kappa shape index (κ3) is 4.24. The Hall–Kier alpha value is -2.02. The Bertz CT molecular complexity index is 541. The van der Waals surface area contributed by atoms with Crippen LogP contribution in [0.2, 0.25) is 0 Å². The molecule has 1 amide bonds. The van der Waals surface area contributed by atoms with Gasteiger partial charge in [0.1, 0.15) is 0 Å². The summed E-state index contributed by atoms with van der Waals surface area (Å²) in [7, 11) is 0. The van der Waals surface area contributed by atoms with Crippen molar-refractivity contribution in [2.24, 2.45) is 0 Å². The lowest BCUT2D eigenvalue weighted by Crippen LogP contribution is -2.52. The molecule has 1 aliphatic rings. The Balaban J connectivity index is 1.95. The molecule has 0 bridgehead atoms. The quantitative estimate of drug-likeness (QED) is 0.901. The molecule has 1 fully saturated rings. The molecule has 1 aromatic carbocycles. The normalized spacial score (nSPS) is 19.6. The van der Waals surface area contributed by atoms with Crippen molar-refractivity contribution in [3.8, 4) is 0 Å². The smallest absolute Gasteiger partial charge is 0.416 e. The fourth-order valence-corrected chi connectivity index (χ4v) is 2.37. The molecule has 0 spiro atoms. The van der Waals surface area contributed by atoms with Crippen molar-refractivity contribution in [3.63, 3.8) is 0 Å². The maximum atomic E-state index is 12.4. The molecule has 120 valence electrons. The molecule has 4 nitrogen and oxygen atoms in total. The van der Waals surface area contributed by atoms with E-state index in [-0.39, 0.29) is 6.04 Å². The third-order valence-corrected chi connectivity index (χ3v) is 3.55. The molecule has 1 atom stereocenters. The van der Waals surface area contributed by atoms with Crippen molar-refractivity contribution in [1.82, 2.24) is 10.2 Å². The number of carboxylic acid groups (broad SMARTS) is 1. The van der Waals surface area contributed by atoms with Gasteiger partial charge in [-0.3, -0.25) is 0 Å². The lowest BCUT2D eigenvalue weighted by molar-refractivity contribution is -0.137. The number of hydrogen-bond acceptors (Lipinski definition) is 2. The zero-order valence-corrected chi connectivity index (χ0v) is 11.8. The van der Waals surface area contributed by atoms with Crippen molar-refractivity contribution in [1.29, 1.82) is 0 Å². The first-order chi connectivity index (χ1) is 10.4. The molecule has 1 saturated heterocycles. The lowest BCUT2D eigenvalue weighted by Gasteiger charge is -2.33. The van der Waals surface area contributed by atoms with Gasteiger partial charge in [0.2, 0.25) is 0 Å². The Kier molecular flexibility index (Phi) is 5.07. The number of alkyl halides is 3. The molecule has 1 aliphatic heterocycles. The highest BCUT2D eigenvalue weighted by molar-refractivity contribution is 5.65. The molecule has 0 aromatic heterocycles. The molecule has 0 aliphatic carbocycles. The van der Waals surface area contributed by atoms with Gasteiger partial charge in [-0.15, -0.1) is 0 Å². The zero-order valence-electron chi connectivity index (χ0n) is 11.8. The summed E-state index contributed by atoms with van der Waals surface area (Å²) in [6, 6.07) is 4.70. The summed E-state index contributed by atoms with van der Waals surface area (Å²) < 4.78 is 37.3. The van der Waals surface area contributed by atoms with Gasteiger partial charge in [0.15, 0.2) is 0 Å². The Morgan fingerprint density at radius 3 is 2.64 bits per heavy atom. The van der Waals surface area contributed by atoms with Gasteiger partial charge < -0.3 is 15.3 Å². The maximum Gasteiger partial charge on any atom is 0.416 e. The number of nitrogens with zero attached hydrogens (tertiary/aromatic N) is 1. The van der Waals surface area contributed by atoms with Crippen LogP contribution in [0.25, 0.3) is 6.08 Å². The van der Waals surface area contributed by atoms with E-state index in [2.05, 4.69) is 5.32 Å². The van der Waals surface area contributed by atoms with Crippen LogP contribution in [-0.2, 0) is 6.18 Å². The van der Waals surface area contributed by atoms with E-state index in [0.717, 1.165) is 12.1 Å². The largest absolute Gasteiger partial charge is 0.465 e. The van der Waals surface area contributed by atoms with E-state index in [0.29, 0.717) is 31.6 Å². The minimum absolute atomic E-state index is 0.156. The molecular formula is C15H17F3N2O2. The molecular weight excluding hydrogens is 297 g/mol. The second-order valence-electron chi connectivity index (χ2n) is 5.09. The molecule has 2 rings (SSSR count). The molecule has 1 unspecified atom stereocenters. The average molecular weight is 314 g/mol. The van der Waals surface area contributed by atoms with E-state index in [1.54, 1.807) is 12.2 Å². The van der Waals surface area contributed by atoms with Gasteiger partial charge in [-0.25, -0.2) is 4.79 Å². The summed E-state index contributed by atoms with van der Waals surface area (Å²) in [6.07, 6.45) is -1.28. The van der Waals surface area contributed by atoms with Crippen LogP contribution in [0.4, 0.5) is 18.0 Å². The summed E-state index contributed by atoms with van der Waals surface area (Å²) in [5.74, 6) is 0. The van der Waals surface area contributed by atoms with E-state index < -0.39 is 17.8 Å². The number of amides is 1. The van der Waals surface area contributed by atoms with Crippen LogP contribution < -0.4 is 5.32 Å². The zero-order chi connectivity index (χ0) is 16.2. The number of nitrogens with one attached hydrogen (secondary N) is 1. The van der Waals surface area contributed by atoms with Gasteiger partial charge in [0.25, 0.3) is 0 Å². The summed E-state index contributed by atoms with van der Waals surface area (Å²) in [4.78, 5) is 12.5. The summed E-state index contributed by atoms with van der Waals surface area (Å²) in [5, 5.41) is 12.2. The number of hydrogen-bond donors (Lipinski definition) is 2. The lowest BCUT2D eigenvalue weighted by atomic mass is 10.1. The van der Waals surface area contributed by atoms with Crippen LogP contribution >= 0.6 is 0 Å². The summed E-state index contributed by atoms with van der Waals surface area (Å²) in [6.45, 7) is 1.64. The highest BCUT2D eigenvalue weighted by atomic mass is 19.4. The minimum atomic E-state index is -4.34. The molecule has 0 saturated carbocycles. The molecule has 7 heteroatoms. The number of benzene rings is 1. The van der Waals surface area contributed by atoms with E-state index in [9.17, 15) is 18.0 Å². The molecule has 22 heavy (non-hydrogen) atoms. The first-order valence-electron chi connectivity index (χ1n) is 6.92. The minimum Gasteiger partial charge on any atom is -0.465 e. The number of carbonyl (C=O) groups is 1. The number of piperazine rings is 1. The van der Waals surface area contributed by atoms with Gasteiger partial charge in [0.05, 0.1) is 11.6 Å². The van der Waals surface area contributed by atoms with Crippen molar-refractivity contribution < 1.29 is 23.1 Å². The number of halogens is 3. The predicted molar refractivity (Wildman–Crippen MR) is 76.5 cm³/mol. The van der Waals surface area contributed by atoms with E-state index >= 15 is 0 Å². The standard InChI is InChI=1S/C15H17F3N2O2/c16-15(17,18)12-6-4-11(5-7-12)2-1-3-13-10-19-8-9-20(13)14(21)22/h1-2,4-7,13,19H,3,8-10H2,(H,21,22). The van der Waals surface area contributed by atoms with Crippen LogP contribution in [0.3, 0.4) is 0 Å². The third-order valence-electron chi connectivity index (χ3n) is 3.55. The summed E-state index contributed by atoms with van der Waals surface area (Å²) in [5.41, 5.74) is -0.0307. The van der Waals surface area contributed by atoms with Crippen LogP contribution in [0, 0.1) is 0 Å². The van der Waals surface area contributed by atoms with Crippen molar-refractivity contribution >= 4 is 12.2 Å². The summed E-state index contributed by atoms with van der Waals surface area (Å²) >= 11 is 0. The monoisotopic (exact) mass is 314 g/mol. The second kappa shape index (κ2) is 6.83. The van der Waals surface area contributed by atoms with Crippen LogP contribution in [-0.4, -0.2) is 41.8 Å². The fraction of sp³-hybridized carbons (Fsp3) is 0.400. The Labute approximate surface area is 126 Å².